The summed E-state index contributed by atoms with van der Waals surface area (Å²) in [6.07, 6.45) is 4.43. The van der Waals surface area contributed by atoms with Crippen LogP contribution in [0.5, 0.6) is 0 Å². The van der Waals surface area contributed by atoms with Crippen molar-refractivity contribution in [3.05, 3.63) is 0 Å². The molecule has 0 saturated heterocycles. The van der Waals surface area contributed by atoms with Gasteiger partial charge >= 0.3 is 47.8 Å². The number of aliphatic carboxylic acids is 8. The summed E-state index contributed by atoms with van der Waals surface area (Å²) in [4.78, 5) is 105. The number of ether oxygens (including phenoxy) is 3. The first kappa shape index (κ1) is 64.8. The molecule has 0 radical (unpaired) electrons. The molecule has 0 aliphatic carbocycles. The van der Waals surface area contributed by atoms with Gasteiger partial charge in [0.25, 0.3) is 0 Å². The standard InChI is InChI=1S/C42H77N9O19/c1-4-5-11-44-30-70-34(45-31-69-22-10-33(42(66)67)51(18-14-47(3)24-36(54)55)20-16-49(27-39(60)61)28-40(62)63)8-6-7-12-43-29-68-21-9-32(41(64)65)50(17-13-46(2)23-35(52)53)19-15-48(25-37(56)57)26-38(58)59/h29,32-34,44-45H,4-28,30-31H2,1-3H3,(H,52,53)(H,54,55)(H,56,57)(H,58,59)(H,60,61)(H,62,63)(H,64,65)(H,66,67)/b43-29-. The summed E-state index contributed by atoms with van der Waals surface area (Å²) in [7, 11) is 3.09. The molecule has 70 heavy (non-hydrogen) atoms. The van der Waals surface area contributed by atoms with E-state index >= 15 is 0 Å². The Morgan fingerprint density at radius 3 is 1.41 bits per heavy atom. The lowest BCUT2D eigenvalue weighted by Gasteiger charge is -2.32. The summed E-state index contributed by atoms with van der Waals surface area (Å²) in [6, 6.07) is -2.27. The summed E-state index contributed by atoms with van der Waals surface area (Å²) in [5.41, 5.74) is 0. The maximum Gasteiger partial charge on any atom is 0.321 e. The number of hydrogen-bond donors (Lipinski definition) is 10. The Morgan fingerprint density at radius 1 is 0.543 bits per heavy atom. The van der Waals surface area contributed by atoms with E-state index in [9.17, 15) is 69.0 Å². The average Bonchev–Trinajstić information content (AvgIpc) is 3.24. The fraction of sp³-hybridized carbons (Fsp3) is 0.786. The zero-order valence-corrected chi connectivity index (χ0v) is 40.6. The van der Waals surface area contributed by atoms with Crippen molar-refractivity contribution in [1.29, 1.82) is 0 Å². The van der Waals surface area contributed by atoms with E-state index in [0.717, 1.165) is 29.2 Å². The van der Waals surface area contributed by atoms with E-state index in [2.05, 4.69) is 22.5 Å². The van der Waals surface area contributed by atoms with Crippen LogP contribution in [0.15, 0.2) is 4.99 Å². The highest BCUT2D eigenvalue weighted by Crippen LogP contribution is 2.10. The molecule has 3 atom stereocenters. The average molecular weight is 1010 g/mol. The molecule has 0 saturated carbocycles. The monoisotopic (exact) mass is 1010 g/mol. The number of hydrogen-bond acceptors (Lipinski definition) is 20. The highest BCUT2D eigenvalue weighted by Gasteiger charge is 2.29. The Kier molecular flexibility index (Phi) is 36.6. The zero-order valence-electron chi connectivity index (χ0n) is 40.6. The van der Waals surface area contributed by atoms with Crippen LogP contribution in [0.2, 0.25) is 0 Å². The smallest absolute Gasteiger partial charge is 0.321 e. The lowest BCUT2D eigenvalue weighted by molar-refractivity contribution is -0.146. The molecule has 404 valence electrons. The van der Waals surface area contributed by atoms with E-state index in [1.54, 1.807) is 14.1 Å². The van der Waals surface area contributed by atoms with Crippen molar-refractivity contribution in [2.75, 3.05) is 145 Å². The van der Waals surface area contributed by atoms with Crippen LogP contribution in [0.1, 0.15) is 51.9 Å². The van der Waals surface area contributed by atoms with Crippen molar-refractivity contribution in [2.45, 2.75) is 70.2 Å². The molecule has 0 aliphatic heterocycles. The van der Waals surface area contributed by atoms with E-state index in [0.29, 0.717) is 25.8 Å². The first-order valence-corrected chi connectivity index (χ1v) is 22.9. The summed E-state index contributed by atoms with van der Waals surface area (Å²) in [6.45, 7) is 0.645. The minimum absolute atomic E-state index is 0.00889. The Morgan fingerprint density at radius 2 is 0.986 bits per heavy atom. The number of carbonyl (C=O) groups is 8. The molecule has 0 aliphatic rings. The fourth-order valence-corrected chi connectivity index (χ4v) is 6.79. The molecule has 28 nitrogen and oxygen atoms in total. The summed E-state index contributed by atoms with van der Waals surface area (Å²) < 4.78 is 17.2. The van der Waals surface area contributed by atoms with Gasteiger partial charge in [-0.1, -0.05) is 13.3 Å². The normalized spacial score (nSPS) is 13.2. The molecule has 10 N–H and O–H groups in total. The maximum absolute atomic E-state index is 12.5. The lowest BCUT2D eigenvalue weighted by Crippen LogP contribution is -2.49. The van der Waals surface area contributed by atoms with Crippen LogP contribution < -0.4 is 10.6 Å². The number of nitrogens with zero attached hydrogens (tertiary/aromatic N) is 7. The highest BCUT2D eigenvalue weighted by atomic mass is 16.5. The molecule has 0 amide bonds. The fourth-order valence-electron chi connectivity index (χ4n) is 6.79. The Balaban J connectivity index is 5.43. The van der Waals surface area contributed by atoms with Gasteiger partial charge in [0, 0.05) is 65.3 Å². The van der Waals surface area contributed by atoms with Crippen LogP contribution in [-0.4, -0.2) is 288 Å². The second-order valence-electron chi connectivity index (χ2n) is 16.4. The first-order chi connectivity index (χ1) is 33.1. The minimum atomic E-state index is -1.26. The third kappa shape index (κ3) is 35.9. The Hall–Kier alpha value is -5.17. The number of carboxylic acid groups (broad SMARTS) is 8. The molecular weight excluding hydrogens is 935 g/mol. The minimum Gasteiger partial charge on any atom is -0.483 e. The van der Waals surface area contributed by atoms with E-state index in [4.69, 9.17) is 24.4 Å². The van der Waals surface area contributed by atoms with Crippen molar-refractivity contribution in [1.82, 2.24) is 40.0 Å². The number of likely N-dealkylation sites (N-methyl/N-ethyl adjacent to an activating group) is 2. The second kappa shape index (κ2) is 39.5. The first-order valence-electron chi connectivity index (χ1n) is 22.9. The predicted octanol–water partition coefficient (Wildman–Crippen LogP) is -2.28. The molecule has 3 unspecified atom stereocenters. The maximum atomic E-state index is 12.5. The largest absolute Gasteiger partial charge is 0.483 e. The van der Waals surface area contributed by atoms with E-state index in [1.165, 1.54) is 26.0 Å². The topological polar surface area (TPSA) is 382 Å². The summed E-state index contributed by atoms with van der Waals surface area (Å²) in [5, 5.41) is 81.8. The molecule has 0 spiro atoms. The van der Waals surface area contributed by atoms with Crippen molar-refractivity contribution in [2.24, 2.45) is 4.99 Å². The summed E-state index contributed by atoms with van der Waals surface area (Å²) >= 11 is 0. The van der Waals surface area contributed by atoms with Gasteiger partial charge in [-0.15, -0.1) is 0 Å². The Bertz CT molecular complexity index is 1550. The van der Waals surface area contributed by atoms with E-state index in [-0.39, 0.29) is 105 Å². The van der Waals surface area contributed by atoms with Gasteiger partial charge in [0.1, 0.15) is 18.3 Å². The van der Waals surface area contributed by atoms with E-state index < -0.39 is 92.2 Å². The SMILES string of the molecule is CCCCNCOC(CCCC/N=C\OCCC(C(=O)O)N(CCN(C)CC(=O)O)CCN(CC(=O)O)CC(=O)O)NCOCCC(C(=O)O)N(CCN(C)CC(=O)O)CCN(CC(=O)O)CC(=O)O. The van der Waals surface area contributed by atoms with Gasteiger partial charge in [0.15, 0.2) is 6.40 Å². The third-order valence-corrected chi connectivity index (χ3v) is 10.3. The molecular formula is C42H77N9O19. The van der Waals surface area contributed by atoms with Crippen molar-refractivity contribution in [3.8, 4) is 0 Å². The van der Waals surface area contributed by atoms with Crippen LogP contribution in [0, 0.1) is 0 Å². The van der Waals surface area contributed by atoms with Gasteiger partial charge in [-0.2, -0.15) is 0 Å². The molecule has 0 aromatic carbocycles. The number of carboxylic acids is 8. The quantitative estimate of drug-likeness (QED) is 0.0133. The van der Waals surface area contributed by atoms with Gasteiger partial charge in [0.2, 0.25) is 0 Å². The van der Waals surface area contributed by atoms with Crippen LogP contribution in [0.25, 0.3) is 0 Å². The van der Waals surface area contributed by atoms with Gasteiger partial charge in [0.05, 0.1) is 65.9 Å². The van der Waals surface area contributed by atoms with Crippen molar-refractivity contribution < 1.29 is 93.4 Å². The zero-order chi connectivity index (χ0) is 52.9. The molecule has 0 heterocycles. The molecule has 0 aromatic heterocycles. The Labute approximate surface area is 407 Å². The molecule has 28 heteroatoms. The van der Waals surface area contributed by atoms with Gasteiger partial charge in [-0.05, 0) is 52.7 Å². The predicted molar refractivity (Wildman–Crippen MR) is 249 cm³/mol. The van der Waals surface area contributed by atoms with Crippen LogP contribution in [0.4, 0.5) is 0 Å². The highest BCUT2D eigenvalue weighted by molar-refractivity contribution is 5.75. The van der Waals surface area contributed by atoms with Crippen LogP contribution in [-0.2, 0) is 52.6 Å². The number of aliphatic imine (C=N–C) groups is 1. The van der Waals surface area contributed by atoms with E-state index in [1.807, 2.05) is 0 Å². The lowest BCUT2D eigenvalue weighted by atomic mass is 10.1. The van der Waals surface area contributed by atoms with Gasteiger partial charge in [-0.3, -0.25) is 83.4 Å². The van der Waals surface area contributed by atoms with Crippen LogP contribution >= 0.6 is 0 Å². The third-order valence-electron chi connectivity index (χ3n) is 10.3. The number of unbranched alkanes of at least 4 members (excludes halogenated alkanes) is 2. The van der Waals surface area contributed by atoms with Crippen molar-refractivity contribution in [3.63, 3.8) is 0 Å². The molecule has 0 fully saturated rings. The number of rotatable bonds is 49. The molecule has 0 rings (SSSR count). The van der Waals surface area contributed by atoms with Crippen molar-refractivity contribution >= 4 is 54.2 Å². The van der Waals surface area contributed by atoms with Gasteiger partial charge < -0.3 is 55.1 Å². The summed E-state index contributed by atoms with van der Waals surface area (Å²) in [5.74, 6) is -9.59. The van der Waals surface area contributed by atoms with Gasteiger partial charge in [-0.25, -0.2) is 0 Å². The second-order valence-corrected chi connectivity index (χ2v) is 16.4. The van der Waals surface area contributed by atoms with Crippen LogP contribution in [0.3, 0.4) is 0 Å². The molecule has 0 bridgehead atoms. The number of nitrogens with one attached hydrogen (secondary N) is 2. The molecule has 0 aromatic rings.